The first-order valence-electron chi connectivity index (χ1n) is 8.55. The number of amides is 1. The minimum Gasteiger partial charge on any atom is -0.332 e. The molecule has 1 N–H and O–H groups in total. The van der Waals surface area contributed by atoms with Crippen molar-refractivity contribution in [2.45, 2.75) is 30.7 Å². The molecule has 2 heterocycles. The van der Waals surface area contributed by atoms with Crippen LogP contribution >= 0.6 is 11.3 Å². The normalized spacial score (nSPS) is 17.5. The molecule has 0 saturated heterocycles. The molecule has 2 aromatic rings. The van der Waals surface area contributed by atoms with Crippen LogP contribution in [0.1, 0.15) is 35.4 Å². The Labute approximate surface area is 158 Å². The summed E-state index contributed by atoms with van der Waals surface area (Å²) >= 11 is 1.76. The molecule has 3 rings (SSSR count). The molecule has 0 fully saturated rings. The van der Waals surface area contributed by atoms with Crippen molar-refractivity contribution < 1.29 is 13.2 Å². The zero-order chi connectivity index (χ0) is 18.7. The third-order valence-corrected chi connectivity index (χ3v) is 7.07. The van der Waals surface area contributed by atoms with E-state index in [1.54, 1.807) is 35.6 Å². The standard InChI is InChI=1S/C19H22N2O3S2/c1-3-17-16-11-13-25-18(16)10-12-21(17)19(22)9-6-14-4-7-15(8-5-14)26(23,24)20-2/h4-9,11,13,17,20H,3,10,12H2,1-2H3/b9-6+. The number of thiophene rings is 1. The molecule has 0 radical (unpaired) electrons. The smallest absolute Gasteiger partial charge is 0.247 e. The minimum absolute atomic E-state index is 0.0133. The SMILES string of the molecule is CCC1c2ccsc2CCN1C(=O)/C=C/c1ccc(S(=O)(=O)NC)cc1. The monoisotopic (exact) mass is 390 g/mol. The fourth-order valence-corrected chi connectivity index (χ4v) is 4.90. The highest BCUT2D eigenvalue weighted by molar-refractivity contribution is 7.89. The first kappa shape index (κ1) is 18.8. The summed E-state index contributed by atoms with van der Waals surface area (Å²) < 4.78 is 25.8. The molecule has 1 aromatic heterocycles. The maximum absolute atomic E-state index is 12.7. The predicted molar refractivity (Wildman–Crippen MR) is 104 cm³/mol. The second kappa shape index (κ2) is 7.73. The summed E-state index contributed by atoms with van der Waals surface area (Å²) in [6.07, 6.45) is 5.09. The number of rotatable bonds is 5. The molecule has 5 nitrogen and oxygen atoms in total. The van der Waals surface area contributed by atoms with Gasteiger partial charge in [0.2, 0.25) is 15.9 Å². The van der Waals surface area contributed by atoms with E-state index in [0.29, 0.717) is 0 Å². The Kier molecular flexibility index (Phi) is 5.60. The summed E-state index contributed by atoms with van der Waals surface area (Å²) in [5.41, 5.74) is 2.06. The van der Waals surface area contributed by atoms with Crippen LogP contribution in [0.15, 0.2) is 46.7 Å². The van der Waals surface area contributed by atoms with E-state index in [1.165, 1.54) is 29.6 Å². The van der Waals surface area contributed by atoms with Crippen LogP contribution in [0.3, 0.4) is 0 Å². The quantitative estimate of drug-likeness (QED) is 0.797. The van der Waals surface area contributed by atoms with Gasteiger partial charge in [0.1, 0.15) is 0 Å². The van der Waals surface area contributed by atoms with E-state index in [2.05, 4.69) is 23.1 Å². The van der Waals surface area contributed by atoms with E-state index >= 15 is 0 Å². The first-order chi connectivity index (χ1) is 12.5. The molecule has 1 amide bonds. The van der Waals surface area contributed by atoms with Crippen molar-refractivity contribution in [1.29, 1.82) is 0 Å². The van der Waals surface area contributed by atoms with Crippen molar-refractivity contribution >= 4 is 33.3 Å². The number of fused-ring (bicyclic) bond motifs is 1. The lowest BCUT2D eigenvalue weighted by molar-refractivity contribution is -0.128. The zero-order valence-corrected chi connectivity index (χ0v) is 16.4. The highest BCUT2D eigenvalue weighted by Gasteiger charge is 2.29. The average Bonchev–Trinajstić information content (AvgIpc) is 3.14. The van der Waals surface area contributed by atoms with Crippen LogP contribution in [-0.2, 0) is 21.2 Å². The van der Waals surface area contributed by atoms with Gasteiger partial charge in [-0.25, -0.2) is 13.1 Å². The molecule has 138 valence electrons. The van der Waals surface area contributed by atoms with Crippen LogP contribution in [0, 0.1) is 0 Å². The third kappa shape index (κ3) is 3.75. The van der Waals surface area contributed by atoms with Crippen molar-refractivity contribution in [3.05, 3.63) is 57.8 Å². The fraction of sp³-hybridized carbons (Fsp3) is 0.316. The van der Waals surface area contributed by atoms with E-state index in [4.69, 9.17) is 0 Å². The van der Waals surface area contributed by atoms with Crippen LogP contribution < -0.4 is 4.72 Å². The molecule has 0 bridgehead atoms. The summed E-state index contributed by atoms with van der Waals surface area (Å²) in [4.78, 5) is 16.2. The third-order valence-electron chi connectivity index (χ3n) is 4.64. The fourth-order valence-electron chi connectivity index (χ4n) is 3.24. The second-order valence-corrected chi connectivity index (χ2v) is 9.00. The average molecular weight is 391 g/mol. The maximum atomic E-state index is 12.7. The Balaban J connectivity index is 1.74. The molecular formula is C19H22N2O3S2. The van der Waals surface area contributed by atoms with Gasteiger partial charge in [-0.2, -0.15) is 0 Å². The van der Waals surface area contributed by atoms with Gasteiger partial charge < -0.3 is 4.90 Å². The van der Waals surface area contributed by atoms with E-state index in [0.717, 1.165) is 24.9 Å². The van der Waals surface area contributed by atoms with Gasteiger partial charge >= 0.3 is 0 Å². The Morgan fingerprint density at radius 1 is 1.31 bits per heavy atom. The highest BCUT2D eigenvalue weighted by atomic mass is 32.2. The van der Waals surface area contributed by atoms with Crippen LogP contribution in [0.4, 0.5) is 0 Å². The molecule has 1 aromatic carbocycles. The lowest BCUT2D eigenvalue weighted by Gasteiger charge is -2.34. The molecule has 0 aliphatic carbocycles. The van der Waals surface area contributed by atoms with Gasteiger partial charge in [0.25, 0.3) is 0 Å². The van der Waals surface area contributed by atoms with Crippen molar-refractivity contribution in [3.8, 4) is 0 Å². The summed E-state index contributed by atoms with van der Waals surface area (Å²) in [6, 6.07) is 8.70. The Morgan fingerprint density at radius 2 is 2.04 bits per heavy atom. The topological polar surface area (TPSA) is 66.5 Å². The van der Waals surface area contributed by atoms with Gasteiger partial charge in [-0.1, -0.05) is 19.1 Å². The highest BCUT2D eigenvalue weighted by Crippen LogP contribution is 2.35. The first-order valence-corrected chi connectivity index (χ1v) is 10.9. The van der Waals surface area contributed by atoms with Crippen molar-refractivity contribution in [2.75, 3.05) is 13.6 Å². The summed E-state index contributed by atoms with van der Waals surface area (Å²) in [6.45, 7) is 2.83. The number of nitrogens with one attached hydrogen (secondary N) is 1. The van der Waals surface area contributed by atoms with Crippen LogP contribution in [-0.4, -0.2) is 32.8 Å². The maximum Gasteiger partial charge on any atom is 0.247 e. The van der Waals surface area contributed by atoms with E-state index in [-0.39, 0.29) is 16.8 Å². The summed E-state index contributed by atoms with van der Waals surface area (Å²) in [5, 5.41) is 2.10. The molecule has 1 atom stereocenters. The number of nitrogens with zero attached hydrogens (tertiary/aromatic N) is 1. The minimum atomic E-state index is -3.45. The lowest BCUT2D eigenvalue weighted by Crippen LogP contribution is -2.38. The summed E-state index contributed by atoms with van der Waals surface area (Å²) in [7, 11) is -2.07. The van der Waals surface area contributed by atoms with E-state index in [9.17, 15) is 13.2 Å². The van der Waals surface area contributed by atoms with Gasteiger partial charge in [0, 0.05) is 17.5 Å². The van der Waals surface area contributed by atoms with Gasteiger partial charge in [0.15, 0.2) is 0 Å². The molecule has 7 heteroatoms. The Hall–Kier alpha value is -1.96. The summed E-state index contributed by atoms with van der Waals surface area (Å²) in [5.74, 6) is -0.0133. The van der Waals surface area contributed by atoms with Gasteiger partial charge in [0.05, 0.1) is 10.9 Å². The van der Waals surface area contributed by atoms with Gasteiger partial charge in [-0.15, -0.1) is 11.3 Å². The van der Waals surface area contributed by atoms with Gasteiger partial charge in [-0.05, 0) is 60.7 Å². The number of carbonyl (C=O) groups excluding carboxylic acids is 1. The number of benzene rings is 1. The zero-order valence-electron chi connectivity index (χ0n) is 14.8. The molecule has 0 spiro atoms. The number of hydrogen-bond acceptors (Lipinski definition) is 4. The molecule has 1 unspecified atom stereocenters. The van der Waals surface area contributed by atoms with E-state index < -0.39 is 10.0 Å². The van der Waals surface area contributed by atoms with E-state index in [1.807, 2.05) is 4.90 Å². The van der Waals surface area contributed by atoms with Gasteiger partial charge in [-0.3, -0.25) is 4.79 Å². The van der Waals surface area contributed by atoms with Crippen molar-refractivity contribution in [1.82, 2.24) is 9.62 Å². The second-order valence-electron chi connectivity index (χ2n) is 6.11. The molecule has 0 saturated carbocycles. The number of hydrogen-bond donors (Lipinski definition) is 1. The van der Waals surface area contributed by atoms with Crippen LogP contribution in [0.25, 0.3) is 6.08 Å². The molecule has 1 aliphatic rings. The number of sulfonamides is 1. The predicted octanol–water partition coefficient (Wildman–Crippen LogP) is 3.21. The van der Waals surface area contributed by atoms with Crippen LogP contribution in [0.2, 0.25) is 0 Å². The van der Waals surface area contributed by atoms with Crippen LogP contribution in [0.5, 0.6) is 0 Å². The molecular weight excluding hydrogens is 368 g/mol. The van der Waals surface area contributed by atoms with Crippen molar-refractivity contribution in [2.24, 2.45) is 0 Å². The molecule has 26 heavy (non-hydrogen) atoms. The Morgan fingerprint density at radius 3 is 2.69 bits per heavy atom. The Bertz CT molecular complexity index is 915. The van der Waals surface area contributed by atoms with Crippen molar-refractivity contribution in [3.63, 3.8) is 0 Å². The number of carbonyl (C=O) groups is 1. The lowest BCUT2D eigenvalue weighted by atomic mass is 9.97. The molecule has 1 aliphatic heterocycles. The largest absolute Gasteiger partial charge is 0.332 e.